The first-order valence-corrected chi connectivity index (χ1v) is 11.1. The van der Waals surface area contributed by atoms with Gasteiger partial charge >= 0.3 is 5.97 Å². The molecule has 0 spiro atoms. The molecule has 0 saturated heterocycles. The molecule has 0 bridgehead atoms. The van der Waals surface area contributed by atoms with Crippen molar-refractivity contribution in [1.29, 1.82) is 0 Å². The molecule has 9 nitrogen and oxygen atoms in total. The van der Waals surface area contributed by atoms with Crippen LogP contribution in [0, 0.1) is 6.92 Å². The summed E-state index contributed by atoms with van der Waals surface area (Å²) in [5, 5.41) is 12.0. The third kappa shape index (κ3) is 4.47. The van der Waals surface area contributed by atoms with Crippen LogP contribution in [0.25, 0.3) is 0 Å². The van der Waals surface area contributed by atoms with Gasteiger partial charge in [0.05, 0.1) is 37.0 Å². The van der Waals surface area contributed by atoms with E-state index in [2.05, 4.69) is 10.2 Å². The van der Waals surface area contributed by atoms with Gasteiger partial charge in [-0.15, -0.1) is 11.3 Å². The van der Waals surface area contributed by atoms with Gasteiger partial charge in [0.1, 0.15) is 5.56 Å². The van der Waals surface area contributed by atoms with E-state index in [1.54, 1.807) is 50.3 Å². The number of amides is 1. The summed E-state index contributed by atoms with van der Waals surface area (Å²) in [4.78, 5) is 26.5. The van der Waals surface area contributed by atoms with Crippen molar-refractivity contribution < 1.29 is 23.8 Å². The predicted molar refractivity (Wildman–Crippen MR) is 123 cm³/mol. The van der Waals surface area contributed by atoms with Gasteiger partial charge in [-0.1, -0.05) is 12.1 Å². The summed E-state index contributed by atoms with van der Waals surface area (Å²) in [5.74, 6) is 0.136. The summed E-state index contributed by atoms with van der Waals surface area (Å²) < 4.78 is 17.6. The number of hydrogen-bond acceptors (Lipinski definition) is 8. The Labute approximate surface area is 195 Å². The number of thiophene rings is 1. The highest BCUT2D eigenvalue weighted by atomic mass is 32.1. The van der Waals surface area contributed by atoms with E-state index in [0.29, 0.717) is 29.2 Å². The van der Waals surface area contributed by atoms with Crippen LogP contribution in [0.5, 0.6) is 11.5 Å². The maximum atomic E-state index is 13.1. The number of esters is 1. The number of carbonyl (C=O) groups is 2. The molecule has 2 aromatic heterocycles. The van der Waals surface area contributed by atoms with E-state index >= 15 is 0 Å². The summed E-state index contributed by atoms with van der Waals surface area (Å²) in [7, 11) is 4.86. The first kappa shape index (κ1) is 22.5. The second-order valence-electron chi connectivity index (χ2n) is 7.44. The number of aryl methyl sites for hydroxylation is 1. The molecule has 3 heterocycles. The topological polar surface area (TPSA) is 95.2 Å². The first-order chi connectivity index (χ1) is 15.9. The lowest BCUT2D eigenvalue weighted by Crippen LogP contribution is -2.31. The highest BCUT2D eigenvalue weighted by Gasteiger charge is 2.34. The van der Waals surface area contributed by atoms with Crippen molar-refractivity contribution >= 4 is 28.9 Å². The van der Waals surface area contributed by atoms with Gasteiger partial charge in [-0.25, -0.2) is 9.80 Å². The molecule has 1 aliphatic rings. The van der Waals surface area contributed by atoms with Gasteiger partial charge < -0.3 is 14.2 Å². The van der Waals surface area contributed by atoms with E-state index in [1.165, 1.54) is 11.2 Å². The largest absolute Gasteiger partial charge is 0.493 e. The third-order valence-corrected chi connectivity index (χ3v) is 6.46. The van der Waals surface area contributed by atoms with Crippen LogP contribution in [0.1, 0.15) is 39.0 Å². The normalized spacial score (nSPS) is 15.3. The fourth-order valence-electron chi connectivity index (χ4n) is 3.62. The minimum absolute atomic E-state index is 0.325. The monoisotopic (exact) mass is 468 g/mol. The van der Waals surface area contributed by atoms with Gasteiger partial charge in [0.15, 0.2) is 18.1 Å². The lowest BCUT2D eigenvalue weighted by molar-refractivity contribution is -0.136. The van der Waals surface area contributed by atoms with E-state index in [4.69, 9.17) is 14.2 Å². The summed E-state index contributed by atoms with van der Waals surface area (Å²) in [6, 6.07) is 9.05. The standard InChI is InChI=1S/C23H24N4O5S/c1-14-16(12-24-26(14)2)23(29)32-13-22(28)27-18(11-17(25-27)21-6-5-9-33-21)15-7-8-19(30-3)20(10-15)31-4/h5-10,12,18H,11,13H2,1-4H3. The van der Waals surface area contributed by atoms with Crippen LogP contribution >= 0.6 is 11.3 Å². The van der Waals surface area contributed by atoms with Gasteiger partial charge in [-0.2, -0.15) is 10.2 Å². The molecule has 1 aliphatic heterocycles. The lowest BCUT2D eigenvalue weighted by atomic mass is 10.0. The van der Waals surface area contributed by atoms with Gasteiger partial charge in [-0.05, 0) is 36.1 Å². The van der Waals surface area contributed by atoms with Gasteiger partial charge in [0, 0.05) is 19.2 Å². The lowest BCUT2D eigenvalue weighted by Gasteiger charge is -2.22. The molecule has 33 heavy (non-hydrogen) atoms. The molecular weight excluding hydrogens is 444 g/mol. The maximum absolute atomic E-state index is 13.1. The number of carbonyl (C=O) groups excluding carboxylic acids is 2. The summed E-state index contributed by atoms with van der Waals surface area (Å²) in [5.41, 5.74) is 2.62. The third-order valence-electron chi connectivity index (χ3n) is 5.55. The van der Waals surface area contributed by atoms with Crippen molar-refractivity contribution in [3.8, 4) is 11.5 Å². The Bertz CT molecular complexity index is 1200. The number of hydrogen-bond donors (Lipinski definition) is 0. The second kappa shape index (κ2) is 9.45. The van der Waals surface area contributed by atoms with E-state index in [-0.39, 0.29) is 6.04 Å². The number of aromatic nitrogens is 2. The molecule has 0 aliphatic carbocycles. The summed E-state index contributed by atoms with van der Waals surface area (Å²) in [6.07, 6.45) is 1.95. The average Bonchev–Trinajstić information content (AvgIpc) is 3.57. The Morgan fingerprint density at radius 2 is 1.97 bits per heavy atom. The van der Waals surface area contributed by atoms with Crippen molar-refractivity contribution in [3.05, 3.63) is 63.6 Å². The molecule has 0 radical (unpaired) electrons. The number of rotatable bonds is 7. The minimum atomic E-state index is -0.599. The first-order valence-electron chi connectivity index (χ1n) is 10.2. The zero-order chi connectivity index (χ0) is 23.5. The molecule has 1 unspecified atom stereocenters. The SMILES string of the molecule is COc1ccc(C2CC(c3cccs3)=NN2C(=O)COC(=O)c2cnn(C)c2C)cc1OC. The van der Waals surface area contributed by atoms with Crippen molar-refractivity contribution in [2.75, 3.05) is 20.8 Å². The van der Waals surface area contributed by atoms with Crippen molar-refractivity contribution in [2.45, 2.75) is 19.4 Å². The Morgan fingerprint density at radius 3 is 2.61 bits per heavy atom. The number of methoxy groups -OCH3 is 2. The zero-order valence-electron chi connectivity index (χ0n) is 18.8. The molecule has 4 rings (SSSR count). The van der Waals surface area contributed by atoms with Gasteiger partial charge in [0.25, 0.3) is 5.91 Å². The van der Waals surface area contributed by atoms with Crippen LogP contribution in [-0.4, -0.2) is 53.2 Å². The van der Waals surface area contributed by atoms with Crippen LogP contribution in [0.2, 0.25) is 0 Å². The smallest absolute Gasteiger partial charge is 0.342 e. The molecule has 10 heteroatoms. The van der Waals surface area contributed by atoms with E-state index in [9.17, 15) is 9.59 Å². The quantitative estimate of drug-likeness (QED) is 0.494. The maximum Gasteiger partial charge on any atom is 0.342 e. The van der Waals surface area contributed by atoms with E-state index in [0.717, 1.165) is 16.2 Å². The van der Waals surface area contributed by atoms with Crippen LogP contribution in [0.3, 0.4) is 0 Å². The van der Waals surface area contributed by atoms with Gasteiger partial charge in [0.2, 0.25) is 0 Å². The molecule has 172 valence electrons. The fourth-order valence-corrected chi connectivity index (χ4v) is 4.34. The van der Waals surface area contributed by atoms with Crippen molar-refractivity contribution in [2.24, 2.45) is 12.1 Å². The summed E-state index contributed by atoms with van der Waals surface area (Å²) in [6.45, 7) is 1.33. The van der Waals surface area contributed by atoms with Crippen molar-refractivity contribution in [3.63, 3.8) is 0 Å². The Hall–Kier alpha value is -3.66. The van der Waals surface area contributed by atoms with Crippen LogP contribution in [-0.2, 0) is 16.6 Å². The molecule has 1 aromatic carbocycles. The summed E-state index contributed by atoms with van der Waals surface area (Å²) >= 11 is 1.56. The number of nitrogens with zero attached hydrogens (tertiary/aromatic N) is 4. The minimum Gasteiger partial charge on any atom is -0.493 e. The average molecular weight is 469 g/mol. The Kier molecular flexibility index (Phi) is 6.45. The second-order valence-corrected chi connectivity index (χ2v) is 8.39. The van der Waals surface area contributed by atoms with Crippen LogP contribution in [0.4, 0.5) is 0 Å². The predicted octanol–water partition coefficient (Wildman–Crippen LogP) is 3.34. The highest BCUT2D eigenvalue weighted by molar-refractivity contribution is 7.12. The number of benzene rings is 1. The van der Waals surface area contributed by atoms with Crippen molar-refractivity contribution in [1.82, 2.24) is 14.8 Å². The molecule has 0 saturated carbocycles. The van der Waals surface area contributed by atoms with Crippen LogP contribution < -0.4 is 9.47 Å². The number of hydrazone groups is 1. The number of ether oxygens (including phenoxy) is 3. The Morgan fingerprint density at radius 1 is 1.18 bits per heavy atom. The molecule has 0 N–H and O–H groups in total. The molecule has 0 fully saturated rings. The fraction of sp³-hybridized carbons (Fsp3) is 0.304. The highest BCUT2D eigenvalue weighted by Crippen LogP contribution is 2.37. The van der Waals surface area contributed by atoms with Crippen LogP contribution in [0.15, 0.2) is 47.0 Å². The molecule has 3 aromatic rings. The molecule has 1 atom stereocenters. The zero-order valence-corrected chi connectivity index (χ0v) is 19.6. The van der Waals surface area contributed by atoms with E-state index < -0.39 is 18.5 Å². The van der Waals surface area contributed by atoms with E-state index in [1.807, 2.05) is 29.6 Å². The molecular formula is C23H24N4O5S. The molecule has 1 amide bonds. The Balaban J connectivity index is 1.57. The van der Waals surface area contributed by atoms with Gasteiger partial charge in [-0.3, -0.25) is 9.48 Å².